The Balaban J connectivity index is 0.000000661. The molecule has 0 radical (unpaired) electrons. The highest BCUT2D eigenvalue weighted by Crippen LogP contribution is 2.19. The maximum Gasteiger partial charge on any atom is 0.519 e. The van der Waals surface area contributed by atoms with E-state index in [2.05, 4.69) is 31.0 Å². The molecule has 1 aromatic rings. The predicted octanol–water partition coefficient (Wildman–Crippen LogP) is 6.48. The molecule has 0 saturated heterocycles. The van der Waals surface area contributed by atoms with Crippen molar-refractivity contribution in [3.63, 3.8) is 0 Å². The van der Waals surface area contributed by atoms with Crippen LogP contribution in [0.2, 0.25) is 0 Å². The summed E-state index contributed by atoms with van der Waals surface area (Å²) in [6.07, 6.45) is 1.81. The molecule has 0 aromatic carbocycles. The largest absolute Gasteiger partial charge is 0.519 e. The zero-order valence-corrected chi connectivity index (χ0v) is 23.7. The maximum atomic E-state index is 11.7. The number of alkyl carbamates (subject to hydrolysis) is 1. The van der Waals surface area contributed by atoms with Gasteiger partial charge in [-0.2, -0.15) is 0 Å². The number of hydrogen-bond donors (Lipinski definition) is 1. The van der Waals surface area contributed by atoms with Crippen LogP contribution in [0.5, 0.6) is 0 Å². The zero-order valence-electron chi connectivity index (χ0n) is 22.1. The standard InChI is InChI=1S/C14H21BrN2O2.C10H18O5/c1-9(17-13(18)19-14(3,4)5)6-11-7-16-8-12(15)10(11)2;1-9(2,3)14-7(11)13-8(12)15-10(4,5)6/h7-9H,6H2,1-5H3,(H,17,18);1-6H3. The van der Waals surface area contributed by atoms with Crippen molar-refractivity contribution in [1.82, 2.24) is 10.3 Å². The van der Waals surface area contributed by atoms with Gasteiger partial charge in [0.15, 0.2) is 0 Å². The van der Waals surface area contributed by atoms with Crippen LogP contribution < -0.4 is 5.32 Å². The number of hydrogen-bond acceptors (Lipinski definition) is 8. The first-order chi connectivity index (χ1) is 15.2. The topological polar surface area (TPSA) is 113 Å². The lowest BCUT2D eigenvalue weighted by Gasteiger charge is -2.22. The highest BCUT2D eigenvalue weighted by atomic mass is 79.9. The minimum atomic E-state index is -1.06. The number of halogens is 1. The molecule has 0 aliphatic carbocycles. The van der Waals surface area contributed by atoms with E-state index in [0.717, 1.165) is 22.0 Å². The molecule has 0 aliphatic heterocycles. The van der Waals surface area contributed by atoms with Gasteiger partial charge in [-0.25, -0.2) is 14.4 Å². The smallest absolute Gasteiger partial charge is 0.444 e. The van der Waals surface area contributed by atoms with Gasteiger partial charge in [-0.15, -0.1) is 0 Å². The molecule has 1 atom stereocenters. The van der Waals surface area contributed by atoms with Crippen LogP contribution in [0.25, 0.3) is 0 Å². The molecule has 1 heterocycles. The fraction of sp³-hybridized carbons (Fsp3) is 0.667. The van der Waals surface area contributed by atoms with Crippen molar-refractivity contribution in [1.29, 1.82) is 0 Å². The van der Waals surface area contributed by atoms with Gasteiger partial charge >= 0.3 is 18.4 Å². The third-order valence-electron chi connectivity index (χ3n) is 3.49. The van der Waals surface area contributed by atoms with E-state index < -0.39 is 29.1 Å². The number of aromatic nitrogens is 1. The van der Waals surface area contributed by atoms with Gasteiger partial charge in [-0.3, -0.25) is 4.98 Å². The fourth-order valence-corrected chi connectivity index (χ4v) is 2.62. The normalized spacial score (nSPS) is 12.5. The number of carbonyl (C=O) groups is 3. The Morgan fingerprint density at radius 3 is 1.74 bits per heavy atom. The molecule has 0 aliphatic rings. The average Bonchev–Trinajstić information content (AvgIpc) is 2.53. The van der Waals surface area contributed by atoms with Gasteiger partial charge in [0, 0.05) is 22.9 Å². The number of ether oxygens (including phenoxy) is 4. The summed E-state index contributed by atoms with van der Waals surface area (Å²) in [5.74, 6) is 0. The van der Waals surface area contributed by atoms with Crippen LogP contribution in [0.1, 0.15) is 80.4 Å². The SMILES string of the molecule is CC(C)(C)OC(=O)OC(=O)OC(C)(C)C.Cc1c(Br)cncc1CC(C)NC(=O)OC(C)(C)C. The number of amides is 1. The van der Waals surface area contributed by atoms with Crippen LogP contribution in [0.4, 0.5) is 14.4 Å². The van der Waals surface area contributed by atoms with Crippen molar-refractivity contribution in [2.45, 2.75) is 105 Å². The summed E-state index contributed by atoms with van der Waals surface area (Å²) >= 11 is 3.45. The highest BCUT2D eigenvalue weighted by molar-refractivity contribution is 9.10. The monoisotopic (exact) mass is 546 g/mol. The lowest BCUT2D eigenvalue weighted by molar-refractivity contribution is -0.0294. The van der Waals surface area contributed by atoms with Crippen molar-refractivity contribution in [3.8, 4) is 0 Å². The van der Waals surface area contributed by atoms with Gasteiger partial charge in [-0.05, 0) is 110 Å². The second-order valence-corrected chi connectivity index (χ2v) is 11.5. The van der Waals surface area contributed by atoms with Crippen LogP contribution >= 0.6 is 15.9 Å². The average molecular weight is 547 g/mol. The van der Waals surface area contributed by atoms with E-state index in [1.54, 1.807) is 47.7 Å². The lowest BCUT2D eigenvalue weighted by Crippen LogP contribution is -2.38. The van der Waals surface area contributed by atoms with Crippen molar-refractivity contribution in [2.24, 2.45) is 0 Å². The Morgan fingerprint density at radius 1 is 0.882 bits per heavy atom. The first-order valence-electron chi connectivity index (χ1n) is 10.9. The molecule has 0 saturated carbocycles. The minimum Gasteiger partial charge on any atom is -0.444 e. The molecule has 1 amide bonds. The van der Waals surface area contributed by atoms with Crippen LogP contribution in [0.3, 0.4) is 0 Å². The van der Waals surface area contributed by atoms with E-state index in [4.69, 9.17) is 14.2 Å². The van der Waals surface area contributed by atoms with Crippen molar-refractivity contribution in [3.05, 3.63) is 28.0 Å². The molecule has 9 nitrogen and oxygen atoms in total. The summed E-state index contributed by atoms with van der Waals surface area (Å²) in [6, 6.07) is -0.00958. The third kappa shape index (κ3) is 16.3. The number of carbonyl (C=O) groups excluding carboxylic acids is 3. The van der Waals surface area contributed by atoms with Gasteiger partial charge in [0.2, 0.25) is 0 Å². The van der Waals surface area contributed by atoms with E-state index in [-0.39, 0.29) is 12.1 Å². The first kappa shape index (κ1) is 31.6. The molecule has 0 fully saturated rings. The molecule has 1 unspecified atom stereocenters. The second kappa shape index (κ2) is 12.9. The fourth-order valence-electron chi connectivity index (χ4n) is 2.24. The minimum absolute atomic E-state index is 0.00958. The highest BCUT2D eigenvalue weighted by Gasteiger charge is 2.24. The molecule has 0 spiro atoms. The van der Waals surface area contributed by atoms with Crippen molar-refractivity contribution >= 4 is 34.3 Å². The number of pyridine rings is 1. The van der Waals surface area contributed by atoms with Gasteiger partial charge in [0.1, 0.15) is 16.8 Å². The zero-order chi connectivity index (χ0) is 26.9. The molecule has 34 heavy (non-hydrogen) atoms. The Morgan fingerprint density at radius 2 is 1.32 bits per heavy atom. The van der Waals surface area contributed by atoms with E-state index in [1.165, 1.54) is 0 Å². The van der Waals surface area contributed by atoms with Crippen LogP contribution in [-0.4, -0.2) is 46.2 Å². The molecule has 1 rings (SSSR count). The number of rotatable bonds is 3. The lowest BCUT2D eigenvalue weighted by atomic mass is 10.0. The quantitative estimate of drug-likeness (QED) is 0.260. The third-order valence-corrected chi connectivity index (χ3v) is 4.29. The van der Waals surface area contributed by atoms with Crippen LogP contribution in [0, 0.1) is 6.92 Å². The molecule has 1 aromatic heterocycles. The van der Waals surface area contributed by atoms with Crippen molar-refractivity contribution in [2.75, 3.05) is 0 Å². The Kier molecular flexibility index (Phi) is 12.0. The van der Waals surface area contributed by atoms with Gasteiger partial charge < -0.3 is 24.3 Å². The molecular weight excluding hydrogens is 508 g/mol. The van der Waals surface area contributed by atoms with Gasteiger partial charge in [0.05, 0.1) is 0 Å². The summed E-state index contributed by atoms with van der Waals surface area (Å²) in [5, 5.41) is 2.83. The maximum absolute atomic E-state index is 11.7. The first-order valence-corrected chi connectivity index (χ1v) is 11.7. The Hall–Kier alpha value is -2.36. The summed E-state index contributed by atoms with van der Waals surface area (Å²) in [4.78, 5) is 37.8. The number of nitrogens with zero attached hydrogens (tertiary/aromatic N) is 1. The molecular formula is C24H39BrN2O7. The van der Waals surface area contributed by atoms with Gasteiger partial charge in [-0.1, -0.05) is 0 Å². The van der Waals surface area contributed by atoms with Gasteiger partial charge in [0.25, 0.3) is 0 Å². The molecule has 194 valence electrons. The van der Waals surface area contributed by atoms with E-state index >= 15 is 0 Å². The second-order valence-electron chi connectivity index (χ2n) is 10.7. The van der Waals surface area contributed by atoms with Crippen LogP contribution in [0.15, 0.2) is 16.9 Å². The number of nitrogens with one attached hydrogen (secondary N) is 1. The molecule has 0 bridgehead atoms. The van der Waals surface area contributed by atoms with E-state index in [9.17, 15) is 14.4 Å². The van der Waals surface area contributed by atoms with Crippen LogP contribution in [-0.2, 0) is 25.4 Å². The van der Waals surface area contributed by atoms with E-state index in [0.29, 0.717) is 0 Å². The molecule has 1 N–H and O–H groups in total. The van der Waals surface area contributed by atoms with E-state index in [1.807, 2.05) is 40.8 Å². The summed E-state index contributed by atoms with van der Waals surface area (Å²) in [7, 11) is 0. The molecule has 10 heteroatoms. The summed E-state index contributed by atoms with van der Waals surface area (Å²) in [5.41, 5.74) is 0.390. The summed E-state index contributed by atoms with van der Waals surface area (Å²) < 4.78 is 20.0. The van der Waals surface area contributed by atoms with Crippen molar-refractivity contribution < 1.29 is 33.3 Å². The Labute approximate surface area is 211 Å². The predicted molar refractivity (Wildman–Crippen MR) is 133 cm³/mol. The Bertz CT molecular complexity index is 811. The summed E-state index contributed by atoms with van der Waals surface area (Å²) in [6.45, 7) is 19.5.